The third-order valence-electron chi connectivity index (χ3n) is 12.7. The van der Waals surface area contributed by atoms with Crippen LogP contribution in [0.25, 0.3) is 0 Å². The maximum atomic E-state index is 12.5. The van der Waals surface area contributed by atoms with E-state index in [1.807, 2.05) is 6.08 Å². The van der Waals surface area contributed by atoms with E-state index in [1.165, 1.54) is 225 Å². The monoisotopic (exact) mass is 858 g/mol. The lowest BCUT2D eigenvalue weighted by molar-refractivity contribution is -0.131. The number of allylic oxidation sites excluding steroid dienone is 5. The number of nitrogens with one attached hydrogen (secondary N) is 1. The third-order valence-corrected chi connectivity index (χ3v) is 12.7. The number of amides is 1. The molecule has 0 heterocycles. The molecule has 5 heteroatoms. The Morgan fingerprint density at radius 1 is 0.410 bits per heavy atom. The van der Waals surface area contributed by atoms with Gasteiger partial charge in [0.2, 0.25) is 5.91 Å². The Morgan fingerprint density at radius 2 is 0.705 bits per heavy atom. The molecule has 0 saturated heterocycles. The predicted octanol–water partition coefficient (Wildman–Crippen LogP) is 16.7. The molecule has 4 N–H and O–H groups in total. The van der Waals surface area contributed by atoms with Crippen LogP contribution in [0.4, 0.5) is 0 Å². The molecule has 0 aliphatic rings. The highest BCUT2D eigenvalue weighted by Gasteiger charge is 2.22. The van der Waals surface area contributed by atoms with Gasteiger partial charge >= 0.3 is 0 Å². The number of unbranched alkanes of at least 4 members (excludes halogenated alkanes) is 38. The van der Waals surface area contributed by atoms with E-state index in [-0.39, 0.29) is 6.61 Å². The van der Waals surface area contributed by atoms with Crippen LogP contribution in [0, 0.1) is 0 Å². The zero-order valence-electron chi connectivity index (χ0n) is 41.1. The minimum Gasteiger partial charge on any atom is -0.394 e. The molecule has 0 aliphatic heterocycles. The zero-order valence-corrected chi connectivity index (χ0v) is 41.1. The van der Waals surface area contributed by atoms with Gasteiger partial charge < -0.3 is 20.6 Å². The average molecular weight is 858 g/mol. The number of hydrogen-bond acceptors (Lipinski definition) is 4. The van der Waals surface area contributed by atoms with Gasteiger partial charge in [0.15, 0.2) is 0 Å². The second kappa shape index (κ2) is 51.2. The first-order valence-electron chi connectivity index (χ1n) is 27.3. The maximum Gasteiger partial charge on any atom is 0.249 e. The van der Waals surface area contributed by atoms with Crippen molar-refractivity contribution >= 4 is 5.91 Å². The van der Waals surface area contributed by atoms with Crippen molar-refractivity contribution in [3.63, 3.8) is 0 Å². The lowest BCUT2D eigenvalue weighted by atomic mass is 10.0. The molecule has 3 atom stereocenters. The molecule has 0 spiro atoms. The highest BCUT2D eigenvalue weighted by molar-refractivity contribution is 5.80. The Labute approximate surface area is 381 Å². The lowest BCUT2D eigenvalue weighted by Gasteiger charge is -2.21. The summed E-state index contributed by atoms with van der Waals surface area (Å²) in [6.07, 6.45) is 66.4. The van der Waals surface area contributed by atoms with Gasteiger partial charge in [0.1, 0.15) is 6.10 Å². The third kappa shape index (κ3) is 46.4. The van der Waals surface area contributed by atoms with Gasteiger partial charge in [-0.1, -0.05) is 275 Å². The molecule has 61 heavy (non-hydrogen) atoms. The topological polar surface area (TPSA) is 89.8 Å². The van der Waals surface area contributed by atoms with Gasteiger partial charge in [-0.25, -0.2) is 0 Å². The number of rotatable bonds is 50. The zero-order chi connectivity index (χ0) is 44.4. The first kappa shape index (κ1) is 59.6. The molecule has 0 saturated carbocycles. The van der Waals surface area contributed by atoms with Crippen LogP contribution in [0.5, 0.6) is 0 Å². The first-order chi connectivity index (χ1) is 30.1. The molecule has 0 bridgehead atoms. The molecular weight excluding hydrogens is 751 g/mol. The van der Waals surface area contributed by atoms with Crippen molar-refractivity contribution < 1.29 is 20.1 Å². The molecule has 0 radical (unpaired) electrons. The van der Waals surface area contributed by atoms with Crippen molar-refractivity contribution in [2.24, 2.45) is 0 Å². The molecule has 0 aromatic rings. The number of hydrogen-bond donors (Lipinski definition) is 4. The van der Waals surface area contributed by atoms with Crippen LogP contribution >= 0.6 is 0 Å². The summed E-state index contributed by atoms with van der Waals surface area (Å²) in [7, 11) is 0. The van der Waals surface area contributed by atoms with Crippen molar-refractivity contribution in [2.45, 2.75) is 308 Å². The fourth-order valence-corrected chi connectivity index (χ4v) is 8.45. The Kier molecular flexibility index (Phi) is 50.0. The SMILES string of the molecule is CCCCCCCCCCC/C=C\C/C=C\CCCCCCCCC(O)C(=O)NC(CO)C(O)/C=C/CCCCCCCCCCCCCCCCCCCCCCCCC. The summed E-state index contributed by atoms with van der Waals surface area (Å²) < 4.78 is 0. The lowest BCUT2D eigenvalue weighted by Crippen LogP contribution is -2.48. The van der Waals surface area contributed by atoms with Crippen LogP contribution in [-0.4, -0.2) is 46.1 Å². The summed E-state index contributed by atoms with van der Waals surface area (Å²) in [6, 6.07) is -0.803. The Morgan fingerprint density at radius 3 is 1.03 bits per heavy atom. The molecular formula is C56H107NO4. The predicted molar refractivity (Wildman–Crippen MR) is 268 cm³/mol. The highest BCUT2D eigenvalue weighted by Crippen LogP contribution is 2.17. The van der Waals surface area contributed by atoms with Gasteiger partial charge in [-0.05, 0) is 51.4 Å². The van der Waals surface area contributed by atoms with Crippen LogP contribution in [0.3, 0.4) is 0 Å². The number of carbonyl (C=O) groups excluding carboxylic acids is 1. The van der Waals surface area contributed by atoms with Crippen molar-refractivity contribution in [3.05, 3.63) is 36.5 Å². The molecule has 0 aliphatic carbocycles. The van der Waals surface area contributed by atoms with Crippen molar-refractivity contribution in [2.75, 3.05) is 6.61 Å². The molecule has 0 rings (SSSR count). The summed E-state index contributed by atoms with van der Waals surface area (Å²) in [5.41, 5.74) is 0. The Bertz CT molecular complexity index is 947. The largest absolute Gasteiger partial charge is 0.394 e. The fourth-order valence-electron chi connectivity index (χ4n) is 8.45. The molecule has 0 aromatic carbocycles. The van der Waals surface area contributed by atoms with Crippen LogP contribution < -0.4 is 5.32 Å². The molecule has 0 fully saturated rings. The first-order valence-corrected chi connectivity index (χ1v) is 27.3. The highest BCUT2D eigenvalue weighted by atomic mass is 16.3. The maximum absolute atomic E-state index is 12.5. The summed E-state index contributed by atoms with van der Waals surface area (Å²) >= 11 is 0. The van der Waals surface area contributed by atoms with Gasteiger partial charge in [0.05, 0.1) is 18.8 Å². The average Bonchev–Trinajstić information content (AvgIpc) is 3.26. The van der Waals surface area contributed by atoms with E-state index < -0.39 is 24.2 Å². The van der Waals surface area contributed by atoms with Crippen LogP contribution in [-0.2, 0) is 4.79 Å². The molecule has 0 aromatic heterocycles. The quantitative estimate of drug-likeness (QED) is 0.0362. The summed E-state index contributed by atoms with van der Waals surface area (Å²) in [5, 5.41) is 33.3. The molecule has 5 nitrogen and oxygen atoms in total. The second-order valence-electron chi connectivity index (χ2n) is 18.8. The molecule has 360 valence electrons. The van der Waals surface area contributed by atoms with E-state index >= 15 is 0 Å². The van der Waals surface area contributed by atoms with E-state index in [2.05, 4.69) is 43.5 Å². The van der Waals surface area contributed by atoms with E-state index in [0.717, 1.165) is 44.9 Å². The van der Waals surface area contributed by atoms with Crippen molar-refractivity contribution in [3.8, 4) is 0 Å². The van der Waals surface area contributed by atoms with Crippen LogP contribution in [0.2, 0.25) is 0 Å². The van der Waals surface area contributed by atoms with Crippen molar-refractivity contribution in [1.29, 1.82) is 0 Å². The Balaban J connectivity index is 3.61. The number of aliphatic hydroxyl groups excluding tert-OH is 3. The number of aliphatic hydroxyl groups is 3. The van der Waals surface area contributed by atoms with Crippen molar-refractivity contribution in [1.82, 2.24) is 5.32 Å². The van der Waals surface area contributed by atoms with Crippen LogP contribution in [0.1, 0.15) is 290 Å². The Hall–Kier alpha value is -1.43. The summed E-state index contributed by atoms with van der Waals surface area (Å²) in [6.45, 7) is 4.21. The van der Waals surface area contributed by atoms with E-state index in [9.17, 15) is 20.1 Å². The van der Waals surface area contributed by atoms with Gasteiger partial charge in [0, 0.05) is 0 Å². The summed E-state index contributed by atoms with van der Waals surface area (Å²) in [5.74, 6) is -0.508. The van der Waals surface area contributed by atoms with Gasteiger partial charge in [0.25, 0.3) is 0 Å². The van der Waals surface area contributed by atoms with E-state index in [0.29, 0.717) is 6.42 Å². The minimum atomic E-state index is -1.11. The van der Waals surface area contributed by atoms with Gasteiger partial charge in [-0.2, -0.15) is 0 Å². The van der Waals surface area contributed by atoms with E-state index in [4.69, 9.17) is 0 Å². The van der Waals surface area contributed by atoms with Gasteiger partial charge in [-0.3, -0.25) is 4.79 Å². The summed E-state index contributed by atoms with van der Waals surface area (Å²) in [4.78, 5) is 12.5. The molecule has 1 amide bonds. The van der Waals surface area contributed by atoms with Gasteiger partial charge in [-0.15, -0.1) is 0 Å². The minimum absolute atomic E-state index is 0.366. The molecule has 3 unspecified atom stereocenters. The second-order valence-corrected chi connectivity index (χ2v) is 18.8. The normalized spacial score (nSPS) is 13.6. The van der Waals surface area contributed by atoms with Crippen LogP contribution in [0.15, 0.2) is 36.5 Å². The van der Waals surface area contributed by atoms with E-state index in [1.54, 1.807) is 6.08 Å². The fraction of sp³-hybridized carbons (Fsp3) is 0.875. The smallest absolute Gasteiger partial charge is 0.249 e. The number of carbonyl (C=O) groups is 1. The standard InChI is InChI=1S/C56H107NO4/c1-3-5-7-9-11-13-15-17-19-21-23-25-27-28-29-31-32-34-36-38-40-42-44-46-48-50-54(59)53(52-58)57-56(61)55(60)51-49-47-45-43-41-39-37-35-33-30-26-24-22-20-18-16-14-12-10-8-6-4-2/h24,26,33,35,48,50,53-55,58-60H,3-23,25,27-32,34,36-47,49,51-52H2,1-2H3,(H,57,61)/b26-24-,35-33-,50-48+.